The fraction of sp³-hybridized carbons (Fsp3) is 1.00. The summed E-state index contributed by atoms with van der Waals surface area (Å²) in [6.45, 7) is 9.32. The quantitative estimate of drug-likeness (QED) is 0.696. The van der Waals surface area contributed by atoms with E-state index in [1.54, 1.807) is 6.92 Å². The lowest BCUT2D eigenvalue weighted by Crippen LogP contribution is -2.43. The summed E-state index contributed by atoms with van der Waals surface area (Å²) in [5.74, 6) is 1.19. The van der Waals surface area contributed by atoms with E-state index >= 15 is 0 Å². The van der Waals surface area contributed by atoms with Crippen LogP contribution in [0, 0.1) is 0 Å². The molecule has 1 unspecified atom stereocenters. The Hall–Kier alpha value is 0.240. The smallest absolute Gasteiger partial charge is 0.0985 e. The van der Waals surface area contributed by atoms with Crippen LogP contribution in [0.25, 0.3) is 0 Å². The number of hydrogen-bond acceptors (Lipinski definition) is 2. The first-order valence-corrected chi connectivity index (χ1v) is 5.98. The molecule has 0 N–H and O–H groups in total. The molecule has 0 amide bonds. The largest absolute Gasteiger partial charge is 0.301 e. The first kappa shape index (κ1) is 11.3. The highest BCUT2D eigenvalue weighted by atomic mass is 32.2. The number of halogens is 1. The molecule has 0 saturated carbocycles. The standard InChI is InChI=1S/C10H20FNS/c1-9(11)4-5-12-6-7-13-10(2,3)8-12/h9H,4-8H2,1-3H3. The fourth-order valence-electron chi connectivity index (χ4n) is 1.67. The number of nitrogens with zero attached hydrogens (tertiary/aromatic N) is 1. The van der Waals surface area contributed by atoms with Crippen LogP contribution in [0.5, 0.6) is 0 Å². The number of rotatable bonds is 3. The van der Waals surface area contributed by atoms with E-state index < -0.39 is 6.17 Å². The van der Waals surface area contributed by atoms with Crippen LogP contribution in [-0.4, -0.2) is 41.2 Å². The van der Waals surface area contributed by atoms with Gasteiger partial charge in [-0.25, -0.2) is 4.39 Å². The molecule has 0 radical (unpaired) electrons. The summed E-state index contributed by atoms with van der Waals surface area (Å²) in [6, 6.07) is 0. The molecule has 1 atom stereocenters. The Balaban J connectivity index is 2.26. The molecule has 78 valence electrons. The van der Waals surface area contributed by atoms with Crippen molar-refractivity contribution >= 4 is 11.8 Å². The average Bonchev–Trinajstić information content (AvgIpc) is 1.99. The normalized spacial score (nSPS) is 25.8. The monoisotopic (exact) mass is 205 g/mol. The topological polar surface area (TPSA) is 3.24 Å². The molecule has 3 heteroatoms. The van der Waals surface area contributed by atoms with E-state index in [4.69, 9.17) is 0 Å². The van der Waals surface area contributed by atoms with Crippen molar-refractivity contribution in [3.05, 3.63) is 0 Å². The Kier molecular flexibility index (Phi) is 4.05. The van der Waals surface area contributed by atoms with Gasteiger partial charge >= 0.3 is 0 Å². The molecule has 0 aromatic rings. The maximum absolute atomic E-state index is 12.6. The van der Waals surface area contributed by atoms with Gasteiger partial charge in [-0.2, -0.15) is 11.8 Å². The summed E-state index contributed by atoms with van der Waals surface area (Å²) >= 11 is 2.02. The minimum absolute atomic E-state index is 0.359. The van der Waals surface area contributed by atoms with E-state index in [9.17, 15) is 4.39 Å². The highest BCUT2D eigenvalue weighted by Crippen LogP contribution is 2.29. The zero-order valence-electron chi connectivity index (χ0n) is 8.85. The Labute approximate surface area is 85.1 Å². The van der Waals surface area contributed by atoms with Crippen LogP contribution in [0.1, 0.15) is 27.2 Å². The van der Waals surface area contributed by atoms with Crippen molar-refractivity contribution in [2.45, 2.75) is 38.1 Å². The molecule has 13 heavy (non-hydrogen) atoms. The molecule has 0 bridgehead atoms. The maximum atomic E-state index is 12.6. The van der Waals surface area contributed by atoms with Gasteiger partial charge in [0.15, 0.2) is 0 Å². The zero-order chi connectivity index (χ0) is 9.90. The van der Waals surface area contributed by atoms with Crippen molar-refractivity contribution in [2.75, 3.05) is 25.4 Å². The minimum atomic E-state index is -0.655. The molecule has 1 rings (SSSR count). The van der Waals surface area contributed by atoms with Crippen molar-refractivity contribution in [3.63, 3.8) is 0 Å². The SMILES string of the molecule is CC(F)CCN1CCSC(C)(C)C1. The summed E-state index contributed by atoms with van der Waals surface area (Å²) in [6.07, 6.45) is 0.0264. The summed E-state index contributed by atoms with van der Waals surface area (Å²) < 4.78 is 13.0. The van der Waals surface area contributed by atoms with Crippen molar-refractivity contribution in [1.29, 1.82) is 0 Å². The predicted octanol–water partition coefficient (Wildman–Crippen LogP) is 2.56. The van der Waals surface area contributed by atoms with Crippen molar-refractivity contribution < 1.29 is 4.39 Å². The second kappa shape index (κ2) is 4.65. The van der Waals surface area contributed by atoms with Gasteiger partial charge in [-0.15, -0.1) is 0 Å². The molecule has 1 nitrogen and oxygen atoms in total. The van der Waals surface area contributed by atoms with Gasteiger partial charge in [0.25, 0.3) is 0 Å². The highest BCUT2D eigenvalue weighted by Gasteiger charge is 2.26. The Morgan fingerprint density at radius 2 is 2.23 bits per heavy atom. The first-order chi connectivity index (χ1) is 5.99. The van der Waals surface area contributed by atoms with E-state index in [0.29, 0.717) is 11.2 Å². The van der Waals surface area contributed by atoms with Gasteiger partial charge in [0.1, 0.15) is 0 Å². The summed E-state index contributed by atoms with van der Waals surface area (Å²) in [7, 11) is 0. The first-order valence-electron chi connectivity index (χ1n) is 5.00. The van der Waals surface area contributed by atoms with Crippen LogP contribution in [0.15, 0.2) is 0 Å². The minimum Gasteiger partial charge on any atom is -0.301 e. The van der Waals surface area contributed by atoms with Gasteiger partial charge in [-0.05, 0) is 27.2 Å². The highest BCUT2D eigenvalue weighted by molar-refractivity contribution is 8.00. The van der Waals surface area contributed by atoms with Crippen LogP contribution < -0.4 is 0 Å². The maximum Gasteiger partial charge on any atom is 0.0985 e. The number of hydrogen-bond donors (Lipinski definition) is 0. The summed E-state index contributed by atoms with van der Waals surface area (Å²) in [5.41, 5.74) is 0. The number of thioether (sulfide) groups is 1. The van der Waals surface area contributed by atoms with Gasteiger partial charge < -0.3 is 4.90 Å². The fourth-order valence-corrected chi connectivity index (χ4v) is 2.84. The lowest BCUT2D eigenvalue weighted by atomic mass is 10.1. The molecule has 1 aliphatic heterocycles. The molecule has 1 heterocycles. The molecule has 0 spiro atoms. The lowest BCUT2D eigenvalue weighted by molar-refractivity contribution is 0.223. The van der Waals surface area contributed by atoms with Gasteiger partial charge in [-0.1, -0.05) is 0 Å². The summed E-state index contributed by atoms with van der Waals surface area (Å²) in [4.78, 5) is 2.38. The third kappa shape index (κ3) is 4.32. The van der Waals surface area contributed by atoms with Crippen LogP contribution >= 0.6 is 11.8 Å². The van der Waals surface area contributed by atoms with Crippen LogP contribution in [0.3, 0.4) is 0 Å². The summed E-state index contributed by atoms with van der Waals surface area (Å²) in [5, 5.41) is 0. The van der Waals surface area contributed by atoms with Gasteiger partial charge in [-0.3, -0.25) is 0 Å². The Morgan fingerprint density at radius 1 is 1.54 bits per heavy atom. The average molecular weight is 205 g/mol. The van der Waals surface area contributed by atoms with E-state index in [-0.39, 0.29) is 0 Å². The molecule has 0 aliphatic carbocycles. The second-order valence-corrected chi connectivity index (χ2v) is 6.26. The van der Waals surface area contributed by atoms with E-state index in [2.05, 4.69) is 18.7 Å². The molecular formula is C10H20FNS. The second-order valence-electron chi connectivity index (χ2n) is 4.45. The van der Waals surface area contributed by atoms with Crippen molar-refractivity contribution in [1.82, 2.24) is 4.90 Å². The molecule has 0 aromatic heterocycles. The van der Waals surface area contributed by atoms with E-state index in [0.717, 1.165) is 19.6 Å². The molecule has 0 aromatic carbocycles. The van der Waals surface area contributed by atoms with Crippen LogP contribution in [0.2, 0.25) is 0 Å². The zero-order valence-corrected chi connectivity index (χ0v) is 9.66. The molecule has 1 aliphatic rings. The van der Waals surface area contributed by atoms with E-state index in [1.807, 2.05) is 11.8 Å². The molecule has 1 saturated heterocycles. The number of alkyl halides is 1. The lowest BCUT2D eigenvalue weighted by Gasteiger charge is -2.37. The molecular weight excluding hydrogens is 185 g/mol. The van der Waals surface area contributed by atoms with Crippen molar-refractivity contribution in [3.8, 4) is 0 Å². The van der Waals surface area contributed by atoms with Gasteiger partial charge in [0, 0.05) is 30.1 Å². The van der Waals surface area contributed by atoms with E-state index in [1.165, 1.54) is 5.75 Å². The van der Waals surface area contributed by atoms with Crippen molar-refractivity contribution in [2.24, 2.45) is 0 Å². The van der Waals surface area contributed by atoms with Gasteiger partial charge in [0.2, 0.25) is 0 Å². The van der Waals surface area contributed by atoms with Gasteiger partial charge in [0.05, 0.1) is 6.17 Å². The Morgan fingerprint density at radius 3 is 2.77 bits per heavy atom. The van der Waals surface area contributed by atoms with Crippen LogP contribution in [-0.2, 0) is 0 Å². The third-order valence-corrected chi connectivity index (χ3v) is 3.65. The predicted molar refractivity (Wildman–Crippen MR) is 58.2 cm³/mol. The third-order valence-electron chi connectivity index (χ3n) is 2.35. The van der Waals surface area contributed by atoms with Crippen LogP contribution in [0.4, 0.5) is 4.39 Å². The molecule has 1 fully saturated rings. The Bertz CT molecular complexity index is 159.